The Kier molecular flexibility index (Phi) is 4.73. The zero-order chi connectivity index (χ0) is 17.3. The van der Waals surface area contributed by atoms with E-state index in [1.165, 1.54) is 49.9 Å². The monoisotopic (exact) mass is 332 g/mol. The van der Waals surface area contributed by atoms with Crippen LogP contribution in [-0.4, -0.2) is 23.0 Å². The van der Waals surface area contributed by atoms with Gasteiger partial charge in [0.1, 0.15) is 5.75 Å². The van der Waals surface area contributed by atoms with Crippen LogP contribution in [0, 0.1) is 27.9 Å². The smallest absolute Gasteiger partial charge is 0.269 e. The first kappa shape index (κ1) is 16.7. The van der Waals surface area contributed by atoms with E-state index < -0.39 is 11.0 Å². The molecule has 1 amide bonds. The molecule has 2 fully saturated rings. The van der Waals surface area contributed by atoms with E-state index in [4.69, 9.17) is 4.74 Å². The lowest BCUT2D eigenvalue weighted by molar-refractivity contribution is -0.384. The Morgan fingerprint density at radius 1 is 1.25 bits per heavy atom. The summed E-state index contributed by atoms with van der Waals surface area (Å²) in [5.41, 5.74) is 0.00404. The van der Waals surface area contributed by atoms with Gasteiger partial charge in [0.25, 0.3) is 11.6 Å². The number of hydrogen-bond acceptors (Lipinski definition) is 4. The minimum absolute atomic E-state index is 0.00404. The lowest BCUT2D eigenvalue weighted by Gasteiger charge is -2.29. The highest BCUT2D eigenvalue weighted by atomic mass is 16.6. The van der Waals surface area contributed by atoms with Gasteiger partial charge >= 0.3 is 0 Å². The Hall–Kier alpha value is -2.11. The van der Waals surface area contributed by atoms with Crippen LogP contribution in [0.4, 0.5) is 5.69 Å². The van der Waals surface area contributed by atoms with Crippen molar-refractivity contribution >= 4 is 11.6 Å². The average Bonchev–Trinajstić information content (AvgIpc) is 3.18. The highest BCUT2D eigenvalue weighted by molar-refractivity contribution is 5.81. The Morgan fingerprint density at radius 3 is 2.50 bits per heavy atom. The molecule has 0 aromatic heterocycles. The Labute approximate surface area is 141 Å². The van der Waals surface area contributed by atoms with E-state index in [-0.39, 0.29) is 17.6 Å². The van der Waals surface area contributed by atoms with E-state index in [1.807, 2.05) is 0 Å². The summed E-state index contributed by atoms with van der Waals surface area (Å²) in [4.78, 5) is 22.5. The minimum atomic E-state index is -0.632. The molecule has 3 rings (SSSR count). The molecule has 0 saturated heterocycles. The van der Waals surface area contributed by atoms with Gasteiger partial charge in [0.05, 0.1) is 4.92 Å². The molecule has 1 N–H and O–H groups in total. The second-order valence-electron chi connectivity index (χ2n) is 7.15. The lowest BCUT2D eigenvalue weighted by Crippen LogP contribution is -2.45. The van der Waals surface area contributed by atoms with Gasteiger partial charge in [0.15, 0.2) is 6.10 Å². The van der Waals surface area contributed by atoms with Crippen molar-refractivity contribution in [1.82, 2.24) is 5.32 Å². The molecule has 0 radical (unpaired) electrons. The number of fused-ring (bicyclic) bond motifs is 2. The molecule has 5 atom stereocenters. The molecular weight excluding hydrogens is 308 g/mol. The number of ether oxygens (including phenoxy) is 1. The van der Waals surface area contributed by atoms with Crippen molar-refractivity contribution in [1.29, 1.82) is 0 Å². The third-order valence-electron chi connectivity index (χ3n) is 5.53. The minimum Gasteiger partial charge on any atom is -0.481 e. The average molecular weight is 332 g/mol. The highest BCUT2D eigenvalue weighted by Gasteiger charge is 2.42. The molecule has 6 heteroatoms. The number of amides is 1. The molecule has 0 spiro atoms. The number of hydrogen-bond donors (Lipinski definition) is 1. The topological polar surface area (TPSA) is 81.5 Å². The largest absolute Gasteiger partial charge is 0.481 e. The van der Waals surface area contributed by atoms with Gasteiger partial charge in [0, 0.05) is 18.2 Å². The van der Waals surface area contributed by atoms with Crippen molar-refractivity contribution in [3.63, 3.8) is 0 Å². The molecular formula is C18H24N2O4. The fourth-order valence-corrected chi connectivity index (χ4v) is 4.26. The summed E-state index contributed by atoms with van der Waals surface area (Å²) >= 11 is 0. The molecule has 2 saturated carbocycles. The number of benzene rings is 1. The lowest BCUT2D eigenvalue weighted by atomic mass is 9.84. The van der Waals surface area contributed by atoms with Crippen LogP contribution < -0.4 is 10.1 Å². The molecule has 24 heavy (non-hydrogen) atoms. The summed E-state index contributed by atoms with van der Waals surface area (Å²) in [6, 6.07) is 5.94. The number of nitro groups is 1. The maximum Gasteiger partial charge on any atom is 0.269 e. The van der Waals surface area contributed by atoms with Crippen molar-refractivity contribution in [3.8, 4) is 5.75 Å². The van der Waals surface area contributed by atoms with Crippen molar-refractivity contribution in [2.24, 2.45) is 17.8 Å². The number of carbonyl (C=O) groups is 1. The van der Waals surface area contributed by atoms with Crippen LogP contribution in [0.2, 0.25) is 0 Å². The van der Waals surface area contributed by atoms with Crippen LogP contribution in [0.5, 0.6) is 5.75 Å². The van der Waals surface area contributed by atoms with Crippen LogP contribution in [0.15, 0.2) is 24.3 Å². The first-order chi connectivity index (χ1) is 11.4. The number of nitrogens with zero attached hydrogens (tertiary/aromatic N) is 1. The van der Waals surface area contributed by atoms with E-state index in [0.29, 0.717) is 11.7 Å². The van der Waals surface area contributed by atoms with Gasteiger partial charge in [-0.15, -0.1) is 0 Å². The zero-order valence-corrected chi connectivity index (χ0v) is 14.1. The fraction of sp³-hybridized carbons (Fsp3) is 0.611. The maximum absolute atomic E-state index is 12.4. The van der Waals surface area contributed by atoms with Crippen LogP contribution in [0.1, 0.15) is 39.5 Å². The summed E-state index contributed by atoms with van der Waals surface area (Å²) in [7, 11) is 0. The molecule has 2 bridgehead atoms. The Balaban J connectivity index is 1.51. The van der Waals surface area contributed by atoms with Gasteiger partial charge in [-0.05, 0) is 63.0 Å². The Bertz CT molecular complexity index is 616. The van der Waals surface area contributed by atoms with Gasteiger partial charge < -0.3 is 10.1 Å². The quantitative estimate of drug-likeness (QED) is 0.640. The van der Waals surface area contributed by atoms with Gasteiger partial charge in [-0.2, -0.15) is 0 Å². The standard InChI is InChI=1S/C18H24N2O4/c1-11(17-10-13-3-4-14(17)9-13)19-18(21)12(2)24-16-7-5-15(6-8-16)20(22)23/h5-8,11-14,17H,3-4,9-10H2,1-2H3,(H,19,21)/t11-,12+,13+,14+,17+/m0/s1. The van der Waals surface area contributed by atoms with Crippen molar-refractivity contribution < 1.29 is 14.5 Å². The number of rotatable bonds is 6. The van der Waals surface area contributed by atoms with Gasteiger partial charge in [0.2, 0.25) is 0 Å². The number of nitro benzene ring substituents is 1. The SMILES string of the molecule is C[C@H](NC(=O)[C@@H](C)Oc1ccc([N+](=O)[O-])cc1)[C@H]1C[C@@H]2CC[C@@H]1C2. The molecule has 2 aliphatic rings. The first-order valence-corrected chi connectivity index (χ1v) is 8.65. The third-order valence-corrected chi connectivity index (χ3v) is 5.53. The number of non-ortho nitro benzene ring substituents is 1. The molecule has 1 aromatic carbocycles. The molecule has 1 aromatic rings. The molecule has 0 aliphatic heterocycles. The Morgan fingerprint density at radius 2 is 1.96 bits per heavy atom. The van der Waals surface area contributed by atoms with Crippen molar-refractivity contribution in [2.75, 3.05) is 0 Å². The summed E-state index contributed by atoms with van der Waals surface area (Å²) in [5.74, 6) is 2.52. The summed E-state index contributed by atoms with van der Waals surface area (Å²) < 4.78 is 5.60. The predicted octanol–water partition coefficient (Wildman–Crippen LogP) is 3.30. The molecule has 0 heterocycles. The van der Waals surface area contributed by atoms with Crippen LogP contribution in [-0.2, 0) is 4.79 Å². The van der Waals surface area contributed by atoms with Gasteiger partial charge in [-0.1, -0.05) is 6.42 Å². The fourth-order valence-electron chi connectivity index (χ4n) is 4.26. The van der Waals surface area contributed by atoms with Crippen LogP contribution in [0.25, 0.3) is 0 Å². The second-order valence-corrected chi connectivity index (χ2v) is 7.15. The van der Waals surface area contributed by atoms with E-state index >= 15 is 0 Å². The van der Waals surface area contributed by atoms with E-state index in [0.717, 1.165) is 11.8 Å². The van der Waals surface area contributed by atoms with E-state index in [2.05, 4.69) is 12.2 Å². The van der Waals surface area contributed by atoms with Crippen LogP contribution in [0.3, 0.4) is 0 Å². The maximum atomic E-state index is 12.4. The molecule has 130 valence electrons. The first-order valence-electron chi connectivity index (χ1n) is 8.65. The predicted molar refractivity (Wildman–Crippen MR) is 89.7 cm³/mol. The number of nitrogens with one attached hydrogen (secondary N) is 1. The van der Waals surface area contributed by atoms with E-state index in [1.54, 1.807) is 6.92 Å². The van der Waals surface area contributed by atoms with E-state index in [9.17, 15) is 14.9 Å². The third kappa shape index (κ3) is 3.52. The highest BCUT2D eigenvalue weighted by Crippen LogP contribution is 2.49. The van der Waals surface area contributed by atoms with Crippen molar-refractivity contribution in [2.45, 2.75) is 51.7 Å². The number of carbonyl (C=O) groups excluding carboxylic acids is 1. The van der Waals surface area contributed by atoms with Gasteiger partial charge in [-0.25, -0.2) is 0 Å². The molecule has 2 aliphatic carbocycles. The zero-order valence-electron chi connectivity index (χ0n) is 14.1. The van der Waals surface area contributed by atoms with Crippen molar-refractivity contribution in [3.05, 3.63) is 34.4 Å². The summed E-state index contributed by atoms with van der Waals surface area (Å²) in [6.45, 7) is 3.78. The normalized spacial score (nSPS) is 27.5. The summed E-state index contributed by atoms with van der Waals surface area (Å²) in [6.07, 6.45) is 4.56. The second kappa shape index (κ2) is 6.79. The van der Waals surface area contributed by atoms with Gasteiger partial charge in [-0.3, -0.25) is 14.9 Å². The van der Waals surface area contributed by atoms with Crippen LogP contribution >= 0.6 is 0 Å². The molecule has 6 nitrogen and oxygen atoms in total. The summed E-state index contributed by atoms with van der Waals surface area (Å²) in [5, 5.41) is 13.7. The molecule has 0 unspecified atom stereocenters.